The number of nitrogens with zero attached hydrogens (tertiary/aromatic N) is 4. The first-order chi connectivity index (χ1) is 18.8. The third kappa shape index (κ3) is 7.23. The van der Waals surface area contributed by atoms with Crippen LogP contribution in [0, 0.1) is 0 Å². The number of benzene rings is 1. The lowest BCUT2D eigenvalue weighted by Gasteiger charge is -2.33. The van der Waals surface area contributed by atoms with Crippen molar-refractivity contribution >= 4 is 36.6 Å². The Kier molecular flexibility index (Phi) is 10.0. The highest BCUT2D eigenvalue weighted by atomic mass is 31.2. The highest BCUT2D eigenvalue weighted by Crippen LogP contribution is 2.45. The van der Waals surface area contributed by atoms with E-state index in [4.69, 9.17) is 24.3 Å². The van der Waals surface area contributed by atoms with E-state index >= 15 is 4.39 Å². The van der Waals surface area contributed by atoms with Crippen LogP contribution >= 0.6 is 7.75 Å². The van der Waals surface area contributed by atoms with Crippen molar-refractivity contribution < 1.29 is 37.4 Å². The highest BCUT2D eigenvalue weighted by molar-refractivity contribution is 7.52. The Morgan fingerprint density at radius 2 is 1.93 bits per heavy atom. The first-order valence-electron chi connectivity index (χ1n) is 12.4. The summed E-state index contributed by atoms with van der Waals surface area (Å²) in [5, 5.41) is 16.4. The van der Waals surface area contributed by atoms with Crippen molar-refractivity contribution in [3.8, 4) is 5.75 Å². The van der Waals surface area contributed by atoms with Gasteiger partial charge in [-0.25, -0.2) is 13.9 Å². The number of rotatable bonds is 14. The molecule has 0 radical (unpaired) electrons. The number of hydrogen-bond donors (Lipinski definition) is 4. The molecular weight excluding hydrogens is 548 g/mol. The number of nitrogens with one attached hydrogen (secondary N) is 2. The molecule has 40 heavy (non-hydrogen) atoms. The molecule has 220 valence electrons. The van der Waals surface area contributed by atoms with Gasteiger partial charge >= 0.3 is 13.7 Å². The molecule has 0 spiro atoms. The van der Waals surface area contributed by atoms with E-state index in [1.165, 1.54) is 26.2 Å². The van der Waals surface area contributed by atoms with Gasteiger partial charge in [-0.3, -0.25) is 13.9 Å². The van der Waals surface area contributed by atoms with Crippen molar-refractivity contribution in [1.29, 1.82) is 0 Å². The second-order valence-electron chi connectivity index (χ2n) is 9.24. The average molecular weight is 584 g/mol. The number of carbonyl (C=O) groups is 1. The van der Waals surface area contributed by atoms with E-state index in [1.54, 1.807) is 39.1 Å². The van der Waals surface area contributed by atoms with Gasteiger partial charge in [0.2, 0.25) is 11.7 Å². The van der Waals surface area contributed by atoms with Gasteiger partial charge in [0, 0.05) is 14.2 Å². The summed E-state index contributed by atoms with van der Waals surface area (Å²) in [6, 6.07) is 7.00. The fourth-order valence-corrected chi connectivity index (χ4v) is 5.19. The zero-order valence-corrected chi connectivity index (χ0v) is 24.0. The van der Waals surface area contributed by atoms with Crippen LogP contribution in [0.4, 0.5) is 16.2 Å². The third-order valence-electron chi connectivity index (χ3n) is 5.75. The second-order valence-corrected chi connectivity index (χ2v) is 10.9. The monoisotopic (exact) mass is 583 g/mol. The van der Waals surface area contributed by atoms with Gasteiger partial charge in [-0.2, -0.15) is 15.1 Å². The van der Waals surface area contributed by atoms with Gasteiger partial charge in [-0.1, -0.05) is 18.2 Å². The minimum absolute atomic E-state index is 0.0221. The van der Waals surface area contributed by atoms with E-state index in [0.29, 0.717) is 0 Å². The standard InChI is InChI=1S/C24H35FN7O7P/c1-14(2)38-22(34)15(3)31-40(35,39-16-10-8-7-9-11-16)37-12-17(36-6)19(33)24(4,25)32-13-28-18-20(27-5)29-23(26)30-21(18)32/h7-11,13-15,17,19,33H,12H2,1-6H3,(H,31,35)(H3,26,27,29,30)/t15-,17?,19+,24-,40?/m0/s1. The number of fused-ring (bicyclic) bond motifs is 1. The zero-order chi connectivity index (χ0) is 29.7. The molecule has 0 fully saturated rings. The molecule has 5 atom stereocenters. The Labute approximate surface area is 231 Å². The van der Waals surface area contributed by atoms with Crippen LogP contribution in [0.5, 0.6) is 5.75 Å². The van der Waals surface area contributed by atoms with Gasteiger partial charge < -0.3 is 30.2 Å². The fourth-order valence-electron chi connectivity index (χ4n) is 3.69. The molecule has 0 saturated carbocycles. The Morgan fingerprint density at radius 3 is 2.52 bits per heavy atom. The summed E-state index contributed by atoms with van der Waals surface area (Å²) in [7, 11) is -1.49. The molecule has 0 aliphatic rings. The van der Waals surface area contributed by atoms with E-state index in [2.05, 4.69) is 25.4 Å². The van der Waals surface area contributed by atoms with Gasteiger partial charge in [-0.15, -0.1) is 0 Å². The lowest BCUT2D eigenvalue weighted by atomic mass is 10.0. The van der Waals surface area contributed by atoms with E-state index in [-0.39, 0.29) is 28.7 Å². The number of hydrogen-bond acceptors (Lipinski definition) is 12. The Hall–Kier alpha value is -3.36. The number of imidazole rings is 1. The number of methoxy groups -OCH3 is 1. The zero-order valence-electron chi connectivity index (χ0n) is 23.1. The van der Waals surface area contributed by atoms with Crippen LogP contribution in [-0.4, -0.2) is 75.7 Å². The lowest BCUT2D eigenvalue weighted by molar-refractivity contribution is -0.149. The SMILES string of the molecule is CNc1nc(N)nc2c1ncn2[C@](C)(F)[C@H](O)C(COP(=O)(N[C@@H](C)C(=O)OC(C)C)Oc1ccccc1)OC. The van der Waals surface area contributed by atoms with Gasteiger partial charge in [0.25, 0.3) is 0 Å². The van der Waals surface area contributed by atoms with Crippen molar-refractivity contribution in [3.63, 3.8) is 0 Å². The molecule has 0 aliphatic heterocycles. The fraction of sp³-hybridized carbons (Fsp3) is 0.500. The number of halogens is 1. The Morgan fingerprint density at radius 1 is 1.25 bits per heavy atom. The number of nitrogen functional groups attached to an aromatic ring is 1. The smallest absolute Gasteiger partial charge is 0.459 e. The maximum Gasteiger partial charge on any atom is 0.459 e. The van der Waals surface area contributed by atoms with Crippen LogP contribution in [0.1, 0.15) is 27.7 Å². The first-order valence-corrected chi connectivity index (χ1v) is 13.9. The molecule has 5 N–H and O–H groups in total. The molecule has 14 nitrogen and oxygen atoms in total. The van der Waals surface area contributed by atoms with Crippen LogP contribution < -0.4 is 20.7 Å². The molecule has 1 aromatic carbocycles. The number of anilines is 2. The van der Waals surface area contributed by atoms with E-state index in [0.717, 1.165) is 17.8 Å². The van der Waals surface area contributed by atoms with Gasteiger partial charge in [-0.05, 0) is 39.8 Å². The van der Waals surface area contributed by atoms with Crippen LogP contribution in [0.15, 0.2) is 36.7 Å². The first kappa shape index (κ1) is 31.2. The van der Waals surface area contributed by atoms with Crippen LogP contribution in [0.25, 0.3) is 11.2 Å². The predicted molar refractivity (Wildman–Crippen MR) is 145 cm³/mol. The number of para-hydroxylation sites is 1. The summed E-state index contributed by atoms with van der Waals surface area (Å²) in [4.78, 5) is 24.6. The van der Waals surface area contributed by atoms with Crippen molar-refractivity contribution in [1.82, 2.24) is 24.6 Å². The number of esters is 1. The molecule has 0 bridgehead atoms. The molecule has 0 amide bonds. The van der Waals surface area contributed by atoms with Crippen LogP contribution in [0.3, 0.4) is 0 Å². The maximum absolute atomic E-state index is 16.2. The summed E-state index contributed by atoms with van der Waals surface area (Å²) < 4.78 is 52.6. The summed E-state index contributed by atoms with van der Waals surface area (Å²) in [6.07, 6.45) is -2.53. The van der Waals surface area contributed by atoms with E-state index in [1.807, 2.05) is 0 Å². The minimum Gasteiger partial charge on any atom is -0.462 e. The molecule has 2 aromatic heterocycles. The number of ether oxygens (including phenoxy) is 2. The van der Waals surface area contributed by atoms with Crippen molar-refractivity contribution in [2.75, 3.05) is 31.8 Å². The number of aliphatic hydroxyl groups is 1. The number of carbonyl (C=O) groups excluding carboxylic acids is 1. The molecule has 16 heteroatoms. The number of alkyl halides is 1. The van der Waals surface area contributed by atoms with Gasteiger partial charge in [0.1, 0.15) is 24.0 Å². The van der Waals surface area contributed by atoms with Crippen LogP contribution in [0.2, 0.25) is 0 Å². The van der Waals surface area contributed by atoms with E-state index in [9.17, 15) is 14.5 Å². The van der Waals surface area contributed by atoms with Gasteiger partial charge in [0.15, 0.2) is 17.0 Å². The third-order valence-corrected chi connectivity index (χ3v) is 7.39. The summed E-state index contributed by atoms with van der Waals surface area (Å²) in [5.74, 6) is -2.94. The predicted octanol–water partition coefficient (Wildman–Crippen LogP) is 2.60. The molecule has 0 aliphatic carbocycles. The Bertz CT molecular complexity index is 1340. The minimum atomic E-state index is -4.30. The Balaban J connectivity index is 1.85. The van der Waals surface area contributed by atoms with Crippen LogP contribution in [-0.2, 0) is 29.1 Å². The maximum atomic E-state index is 16.2. The summed E-state index contributed by atoms with van der Waals surface area (Å²) in [5.41, 5.74) is 6.01. The van der Waals surface area contributed by atoms with Crippen molar-refractivity contribution in [2.45, 2.75) is 57.8 Å². The number of aromatic nitrogens is 4. The molecule has 2 heterocycles. The summed E-state index contributed by atoms with van der Waals surface area (Å²) >= 11 is 0. The average Bonchev–Trinajstić information content (AvgIpc) is 3.33. The largest absolute Gasteiger partial charge is 0.462 e. The summed E-state index contributed by atoms with van der Waals surface area (Å²) in [6.45, 7) is 5.25. The number of nitrogens with two attached hydrogens (primary N) is 1. The molecular formula is C24H35FN7O7P. The van der Waals surface area contributed by atoms with Crippen molar-refractivity contribution in [2.24, 2.45) is 0 Å². The molecule has 0 saturated heterocycles. The molecule has 3 rings (SSSR count). The number of aliphatic hydroxyl groups excluding tert-OH is 1. The lowest BCUT2D eigenvalue weighted by Crippen LogP contribution is -2.48. The quantitative estimate of drug-likeness (QED) is 0.160. The molecule has 3 aromatic rings. The van der Waals surface area contributed by atoms with Gasteiger partial charge in [0.05, 0.1) is 19.0 Å². The normalized spacial score (nSPS) is 17.0. The van der Waals surface area contributed by atoms with E-state index < -0.39 is 50.5 Å². The highest BCUT2D eigenvalue weighted by Gasteiger charge is 2.44. The second kappa shape index (κ2) is 12.9. The van der Waals surface area contributed by atoms with Crippen molar-refractivity contribution in [3.05, 3.63) is 36.7 Å². The molecule has 2 unspecified atom stereocenters. The topological polar surface area (TPSA) is 185 Å².